The van der Waals surface area contributed by atoms with E-state index in [1.807, 2.05) is 42.6 Å². The van der Waals surface area contributed by atoms with E-state index in [0.717, 1.165) is 43.3 Å². The maximum atomic E-state index is 12.9. The second-order valence-electron chi connectivity index (χ2n) is 7.65. The zero-order chi connectivity index (χ0) is 18.2. The van der Waals surface area contributed by atoms with Crippen LogP contribution < -0.4 is 5.32 Å². The number of aromatic nitrogens is 1. The van der Waals surface area contributed by atoms with Crippen molar-refractivity contribution in [2.24, 2.45) is 5.92 Å². The molecule has 1 amide bonds. The van der Waals surface area contributed by atoms with Crippen molar-refractivity contribution in [3.63, 3.8) is 0 Å². The van der Waals surface area contributed by atoms with Crippen LogP contribution in [-0.2, 0) is 6.42 Å². The summed E-state index contributed by atoms with van der Waals surface area (Å²) in [5.74, 6) is 0.818. The molecule has 3 saturated heterocycles. The lowest BCUT2D eigenvalue weighted by atomic mass is 9.76. The van der Waals surface area contributed by atoms with Gasteiger partial charge in [0.25, 0.3) is 5.91 Å². The Hall–Kier alpha value is -2.66. The highest BCUT2D eigenvalue weighted by Crippen LogP contribution is 2.34. The molecule has 3 aliphatic rings. The molecule has 2 atom stereocenters. The van der Waals surface area contributed by atoms with Gasteiger partial charge in [-0.15, -0.1) is 0 Å². The highest BCUT2D eigenvalue weighted by atomic mass is 16.3. The molecule has 0 aliphatic carbocycles. The zero-order valence-corrected chi connectivity index (χ0v) is 15.2. The Labute approximate surface area is 158 Å². The van der Waals surface area contributed by atoms with E-state index in [-0.39, 0.29) is 11.9 Å². The van der Waals surface area contributed by atoms with Crippen molar-refractivity contribution in [3.05, 3.63) is 66.2 Å². The number of hydrogen-bond acceptors (Lipinski definition) is 4. The normalized spacial score (nSPS) is 27.0. The average Bonchev–Trinajstić information content (AvgIpc) is 3.16. The predicted octanol–water partition coefficient (Wildman–Crippen LogP) is 3.26. The Morgan fingerprint density at radius 2 is 2.04 bits per heavy atom. The van der Waals surface area contributed by atoms with E-state index in [1.165, 1.54) is 5.56 Å². The summed E-state index contributed by atoms with van der Waals surface area (Å²) in [7, 11) is 0. The molecule has 3 fully saturated rings. The van der Waals surface area contributed by atoms with Crippen LogP contribution in [0.25, 0.3) is 11.0 Å². The zero-order valence-electron chi connectivity index (χ0n) is 15.2. The van der Waals surface area contributed by atoms with Crippen molar-refractivity contribution >= 4 is 16.9 Å². The highest BCUT2D eigenvalue weighted by Gasteiger charge is 2.43. The molecule has 3 aromatic rings. The average molecular weight is 361 g/mol. The first-order chi connectivity index (χ1) is 13.3. The predicted molar refractivity (Wildman–Crippen MR) is 103 cm³/mol. The molecule has 0 saturated carbocycles. The lowest BCUT2D eigenvalue weighted by Crippen LogP contribution is -2.64. The van der Waals surface area contributed by atoms with Crippen molar-refractivity contribution < 1.29 is 9.21 Å². The number of carbonyl (C=O) groups excluding carboxylic acids is 1. The number of carbonyl (C=O) groups is 1. The SMILES string of the molecule is O=C(N[C@H]1C2CCN(CC2)[C@H]1Cc1cccnc1)c1cc2ccccc2o1. The number of rotatable bonds is 4. The summed E-state index contributed by atoms with van der Waals surface area (Å²) >= 11 is 0. The fourth-order valence-corrected chi connectivity index (χ4v) is 4.70. The first-order valence-corrected chi connectivity index (χ1v) is 9.70. The standard InChI is InChI=1S/C22H23N3O2/c26-22(20-13-17-5-1-2-6-19(17)27-20)24-21-16-7-10-25(11-8-16)18(21)12-15-4-3-9-23-14-15/h1-6,9,13-14,16,18,21H,7-8,10-12H2,(H,24,26)/t18-,21-/m0/s1. The Kier molecular flexibility index (Phi) is 4.17. The van der Waals surface area contributed by atoms with E-state index < -0.39 is 0 Å². The molecule has 2 bridgehead atoms. The summed E-state index contributed by atoms with van der Waals surface area (Å²) in [6, 6.07) is 14.1. The monoisotopic (exact) mass is 361 g/mol. The summed E-state index contributed by atoms with van der Waals surface area (Å²) in [4.78, 5) is 19.7. The van der Waals surface area contributed by atoms with Gasteiger partial charge in [-0.3, -0.25) is 14.7 Å². The van der Waals surface area contributed by atoms with E-state index in [0.29, 0.717) is 17.7 Å². The minimum Gasteiger partial charge on any atom is -0.451 e. The second-order valence-corrected chi connectivity index (χ2v) is 7.65. The summed E-state index contributed by atoms with van der Waals surface area (Å²) in [6.07, 6.45) is 6.94. The summed E-state index contributed by atoms with van der Waals surface area (Å²) < 4.78 is 5.77. The topological polar surface area (TPSA) is 58.4 Å². The van der Waals surface area contributed by atoms with Crippen molar-refractivity contribution in [1.82, 2.24) is 15.2 Å². The fourth-order valence-electron chi connectivity index (χ4n) is 4.70. The number of piperidine rings is 3. The largest absolute Gasteiger partial charge is 0.451 e. The van der Waals surface area contributed by atoms with Crippen LogP contribution in [0.15, 0.2) is 59.3 Å². The van der Waals surface area contributed by atoms with Gasteiger partial charge < -0.3 is 9.73 Å². The van der Waals surface area contributed by atoms with Gasteiger partial charge in [0.2, 0.25) is 0 Å². The molecule has 27 heavy (non-hydrogen) atoms. The number of nitrogens with one attached hydrogen (secondary N) is 1. The van der Waals surface area contributed by atoms with Gasteiger partial charge in [-0.1, -0.05) is 24.3 Å². The first kappa shape index (κ1) is 16.5. The molecule has 0 radical (unpaired) electrons. The minimum atomic E-state index is -0.110. The number of furan rings is 1. The number of nitrogens with zero attached hydrogens (tertiary/aromatic N) is 2. The van der Waals surface area contributed by atoms with Crippen LogP contribution in [0, 0.1) is 5.92 Å². The van der Waals surface area contributed by atoms with E-state index >= 15 is 0 Å². The third kappa shape index (κ3) is 3.12. The van der Waals surface area contributed by atoms with Gasteiger partial charge >= 0.3 is 0 Å². The molecular weight excluding hydrogens is 338 g/mol. The molecule has 5 heterocycles. The van der Waals surface area contributed by atoms with Crippen LogP contribution in [0.2, 0.25) is 0 Å². The maximum absolute atomic E-state index is 12.9. The summed E-state index contributed by atoms with van der Waals surface area (Å²) in [6.45, 7) is 2.24. The number of pyridine rings is 1. The van der Waals surface area contributed by atoms with Gasteiger partial charge in [0, 0.05) is 29.9 Å². The number of benzene rings is 1. The van der Waals surface area contributed by atoms with Crippen LogP contribution >= 0.6 is 0 Å². The molecule has 3 aliphatic heterocycles. The van der Waals surface area contributed by atoms with E-state index in [9.17, 15) is 4.79 Å². The molecule has 138 valence electrons. The van der Waals surface area contributed by atoms with E-state index in [1.54, 1.807) is 6.20 Å². The number of fused-ring (bicyclic) bond motifs is 4. The van der Waals surface area contributed by atoms with Crippen LogP contribution in [0.1, 0.15) is 29.0 Å². The van der Waals surface area contributed by atoms with Gasteiger partial charge in [0.1, 0.15) is 5.58 Å². The molecule has 5 nitrogen and oxygen atoms in total. The van der Waals surface area contributed by atoms with Gasteiger partial charge in [-0.2, -0.15) is 0 Å². The molecule has 0 spiro atoms. The Morgan fingerprint density at radius 1 is 1.19 bits per heavy atom. The quantitative estimate of drug-likeness (QED) is 0.775. The smallest absolute Gasteiger partial charge is 0.287 e. The first-order valence-electron chi connectivity index (χ1n) is 9.70. The van der Waals surface area contributed by atoms with Crippen molar-refractivity contribution in [1.29, 1.82) is 0 Å². The highest BCUT2D eigenvalue weighted by molar-refractivity contribution is 5.96. The molecule has 1 aromatic carbocycles. The van der Waals surface area contributed by atoms with Crippen molar-refractivity contribution in [2.75, 3.05) is 13.1 Å². The third-order valence-corrected chi connectivity index (χ3v) is 6.08. The van der Waals surface area contributed by atoms with Crippen LogP contribution in [0.4, 0.5) is 0 Å². The van der Waals surface area contributed by atoms with Gasteiger partial charge in [-0.25, -0.2) is 0 Å². The second kappa shape index (κ2) is 6.82. The molecule has 5 heteroatoms. The van der Waals surface area contributed by atoms with Crippen LogP contribution in [0.3, 0.4) is 0 Å². The number of para-hydroxylation sites is 1. The Bertz CT molecular complexity index is 911. The number of hydrogen-bond donors (Lipinski definition) is 1. The number of amides is 1. The maximum Gasteiger partial charge on any atom is 0.287 e. The van der Waals surface area contributed by atoms with Crippen LogP contribution in [-0.4, -0.2) is 41.0 Å². The van der Waals surface area contributed by atoms with Crippen LogP contribution in [0.5, 0.6) is 0 Å². The molecule has 6 rings (SSSR count). The summed E-state index contributed by atoms with van der Waals surface area (Å²) in [5, 5.41) is 4.26. The van der Waals surface area contributed by atoms with E-state index in [4.69, 9.17) is 4.42 Å². The molecule has 2 aromatic heterocycles. The van der Waals surface area contributed by atoms with Gasteiger partial charge in [-0.05, 0) is 62.0 Å². The van der Waals surface area contributed by atoms with Gasteiger partial charge in [0.05, 0.1) is 0 Å². The Balaban J connectivity index is 1.38. The lowest BCUT2D eigenvalue weighted by Gasteiger charge is -2.51. The summed E-state index contributed by atoms with van der Waals surface area (Å²) in [5.41, 5.74) is 1.97. The van der Waals surface area contributed by atoms with Gasteiger partial charge in [0.15, 0.2) is 5.76 Å². The van der Waals surface area contributed by atoms with Crippen molar-refractivity contribution in [3.8, 4) is 0 Å². The minimum absolute atomic E-state index is 0.110. The molecule has 1 N–H and O–H groups in total. The van der Waals surface area contributed by atoms with E-state index in [2.05, 4.69) is 21.3 Å². The lowest BCUT2D eigenvalue weighted by molar-refractivity contribution is 0.0131. The third-order valence-electron chi connectivity index (χ3n) is 6.08. The molecule has 0 unspecified atom stereocenters. The van der Waals surface area contributed by atoms with Crippen molar-refractivity contribution in [2.45, 2.75) is 31.3 Å². The fraction of sp³-hybridized carbons (Fsp3) is 0.364. The molecular formula is C22H23N3O2. The Morgan fingerprint density at radius 3 is 2.81 bits per heavy atom.